The van der Waals surface area contributed by atoms with E-state index in [0.717, 1.165) is 10.1 Å². The maximum absolute atomic E-state index is 13.2. The van der Waals surface area contributed by atoms with Gasteiger partial charge < -0.3 is 9.73 Å². The number of benzene rings is 2. The average molecular weight is 387 g/mol. The van der Waals surface area contributed by atoms with E-state index in [1.165, 1.54) is 30.3 Å². The van der Waals surface area contributed by atoms with E-state index in [1.807, 2.05) is 13.8 Å². The molecule has 0 aliphatic heterocycles. The van der Waals surface area contributed by atoms with Crippen LogP contribution in [0.2, 0.25) is 0 Å². The van der Waals surface area contributed by atoms with Gasteiger partial charge in [-0.15, -0.1) is 0 Å². The summed E-state index contributed by atoms with van der Waals surface area (Å²) in [4.78, 5) is 35.0. The van der Waals surface area contributed by atoms with Crippen molar-refractivity contribution in [2.45, 2.75) is 26.4 Å². The number of fused-ring (bicyclic) bond motifs is 1. The van der Waals surface area contributed by atoms with Gasteiger partial charge in [0, 0.05) is 12.1 Å². The summed E-state index contributed by atoms with van der Waals surface area (Å²) in [7, 11) is 0. The number of hydrogen-bond acceptors (Lipinski definition) is 5. The van der Waals surface area contributed by atoms with Gasteiger partial charge in [-0.2, -0.15) is 0 Å². The molecule has 3 aromatic rings. The van der Waals surface area contributed by atoms with Crippen LogP contribution in [0.5, 0.6) is 0 Å². The van der Waals surface area contributed by atoms with E-state index >= 15 is 0 Å². The number of nitro groups is 1. The van der Waals surface area contributed by atoms with Gasteiger partial charge in [-0.1, -0.05) is 26.0 Å². The first kappa shape index (κ1) is 19.3. The summed E-state index contributed by atoms with van der Waals surface area (Å²) in [5.74, 6) is -1.63. The molecule has 8 nitrogen and oxygen atoms in total. The van der Waals surface area contributed by atoms with E-state index < -0.39 is 22.6 Å². The van der Waals surface area contributed by atoms with E-state index in [0.29, 0.717) is 0 Å². The number of aromatic nitrogens is 1. The van der Waals surface area contributed by atoms with Crippen LogP contribution in [0.25, 0.3) is 11.1 Å². The maximum atomic E-state index is 13.2. The first-order valence-electron chi connectivity index (χ1n) is 8.59. The lowest BCUT2D eigenvalue weighted by atomic mass is 9.96. The highest BCUT2D eigenvalue weighted by Gasteiger charge is 2.21. The minimum Gasteiger partial charge on any atom is -0.408 e. The van der Waals surface area contributed by atoms with Gasteiger partial charge in [0.05, 0.1) is 16.5 Å². The van der Waals surface area contributed by atoms with Gasteiger partial charge >= 0.3 is 5.76 Å². The number of nitrogens with one attached hydrogen (secondary N) is 1. The molecule has 1 heterocycles. The van der Waals surface area contributed by atoms with E-state index in [1.54, 1.807) is 12.1 Å². The third kappa shape index (κ3) is 3.93. The van der Waals surface area contributed by atoms with Gasteiger partial charge in [-0.3, -0.25) is 19.5 Å². The third-order valence-electron chi connectivity index (χ3n) is 4.38. The average Bonchev–Trinajstić information content (AvgIpc) is 2.95. The van der Waals surface area contributed by atoms with Gasteiger partial charge in [0.1, 0.15) is 12.4 Å². The Kier molecular flexibility index (Phi) is 5.25. The van der Waals surface area contributed by atoms with Gasteiger partial charge in [0.25, 0.3) is 5.69 Å². The Balaban J connectivity index is 1.86. The Labute approximate surface area is 158 Å². The SMILES string of the molecule is CC(C)C(NC(=O)Cn1c(=O)oc2ccc([N+](=O)[O-])cc21)c1ccc(F)cc1. The molecule has 0 aliphatic rings. The normalized spacial score (nSPS) is 12.3. The number of rotatable bonds is 6. The number of oxazole rings is 1. The van der Waals surface area contributed by atoms with Crippen molar-refractivity contribution in [2.75, 3.05) is 0 Å². The van der Waals surface area contributed by atoms with Crippen molar-refractivity contribution in [3.05, 3.63) is 74.5 Å². The highest BCUT2D eigenvalue weighted by molar-refractivity contribution is 5.81. The molecule has 0 fully saturated rings. The molecule has 0 aliphatic carbocycles. The van der Waals surface area contributed by atoms with Gasteiger partial charge in [-0.25, -0.2) is 9.18 Å². The fourth-order valence-corrected chi connectivity index (χ4v) is 2.98. The second-order valence-corrected chi connectivity index (χ2v) is 6.70. The van der Waals surface area contributed by atoms with E-state index in [9.17, 15) is 24.1 Å². The molecule has 0 bridgehead atoms. The monoisotopic (exact) mass is 387 g/mol. The highest BCUT2D eigenvalue weighted by Crippen LogP contribution is 2.23. The third-order valence-corrected chi connectivity index (χ3v) is 4.38. The lowest BCUT2D eigenvalue weighted by Crippen LogP contribution is -2.35. The second kappa shape index (κ2) is 7.63. The summed E-state index contributed by atoms with van der Waals surface area (Å²) in [5.41, 5.74) is 0.832. The molecular weight excluding hydrogens is 369 g/mol. The molecule has 1 amide bonds. The number of nitro benzene ring substituents is 1. The Morgan fingerprint density at radius 3 is 2.54 bits per heavy atom. The predicted octanol–water partition coefficient (Wildman–Crippen LogP) is 3.16. The molecule has 0 radical (unpaired) electrons. The van der Waals surface area contributed by atoms with Crippen LogP contribution in [0.4, 0.5) is 10.1 Å². The molecule has 28 heavy (non-hydrogen) atoms. The van der Waals surface area contributed by atoms with Crippen molar-refractivity contribution in [2.24, 2.45) is 5.92 Å². The largest absolute Gasteiger partial charge is 0.420 e. The summed E-state index contributed by atoms with van der Waals surface area (Å²) in [5, 5.41) is 13.8. The molecule has 3 rings (SSSR count). The van der Waals surface area contributed by atoms with Crippen LogP contribution in [0.15, 0.2) is 51.7 Å². The molecule has 1 aromatic heterocycles. The van der Waals surface area contributed by atoms with Crippen LogP contribution in [-0.4, -0.2) is 15.4 Å². The van der Waals surface area contributed by atoms with Crippen LogP contribution in [-0.2, 0) is 11.3 Å². The Bertz CT molecular complexity index is 1090. The van der Waals surface area contributed by atoms with Crippen molar-refractivity contribution in [1.82, 2.24) is 9.88 Å². The summed E-state index contributed by atoms with van der Waals surface area (Å²) in [6, 6.07) is 9.13. The smallest absolute Gasteiger partial charge is 0.408 e. The fraction of sp³-hybridized carbons (Fsp3) is 0.263. The number of carbonyl (C=O) groups excluding carboxylic acids is 1. The summed E-state index contributed by atoms with van der Waals surface area (Å²) < 4.78 is 19.3. The van der Waals surface area contributed by atoms with E-state index in [4.69, 9.17) is 4.42 Å². The van der Waals surface area contributed by atoms with Gasteiger partial charge in [0.15, 0.2) is 5.58 Å². The zero-order valence-electron chi connectivity index (χ0n) is 15.2. The molecular formula is C19H18FN3O5. The highest BCUT2D eigenvalue weighted by atomic mass is 19.1. The van der Waals surface area contributed by atoms with Gasteiger partial charge in [0.2, 0.25) is 5.91 Å². The number of carbonyl (C=O) groups is 1. The first-order chi connectivity index (χ1) is 13.3. The number of non-ortho nitro benzene ring substituents is 1. The first-order valence-corrected chi connectivity index (χ1v) is 8.59. The predicted molar refractivity (Wildman–Crippen MR) is 99.3 cm³/mol. The molecule has 146 valence electrons. The zero-order chi connectivity index (χ0) is 20.4. The van der Waals surface area contributed by atoms with Crippen molar-refractivity contribution < 1.29 is 18.5 Å². The number of hydrogen-bond donors (Lipinski definition) is 1. The summed E-state index contributed by atoms with van der Waals surface area (Å²) in [6.45, 7) is 3.44. The Hall–Kier alpha value is -3.49. The minimum atomic E-state index is -0.784. The van der Waals surface area contributed by atoms with Crippen molar-refractivity contribution >= 4 is 22.7 Å². The standard InChI is InChI=1S/C19H18FN3O5/c1-11(2)18(12-3-5-13(20)6-4-12)21-17(24)10-22-15-9-14(23(26)27)7-8-16(15)28-19(22)25/h3-9,11,18H,10H2,1-2H3,(H,21,24). The fourth-order valence-electron chi connectivity index (χ4n) is 2.98. The Morgan fingerprint density at radius 2 is 1.93 bits per heavy atom. The molecule has 0 saturated heterocycles. The molecule has 9 heteroatoms. The lowest BCUT2D eigenvalue weighted by molar-refractivity contribution is -0.384. The van der Waals surface area contributed by atoms with E-state index in [2.05, 4.69) is 5.32 Å². The van der Waals surface area contributed by atoms with Crippen LogP contribution < -0.4 is 11.1 Å². The topological polar surface area (TPSA) is 107 Å². The lowest BCUT2D eigenvalue weighted by Gasteiger charge is -2.23. The second-order valence-electron chi connectivity index (χ2n) is 6.70. The molecule has 1 N–H and O–H groups in total. The molecule has 0 saturated carbocycles. The van der Waals surface area contributed by atoms with Crippen LogP contribution in [0.3, 0.4) is 0 Å². The zero-order valence-corrected chi connectivity index (χ0v) is 15.2. The summed E-state index contributed by atoms with van der Waals surface area (Å²) in [6.07, 6.45) is 0. The molecule has 2 aromatic carbocycles. The van der Waals surface area contributed by atoms with E-state index in [-0.39, 0.29) is 35.1 Å². The van der Waals surface area contributed by atoms with Crippen LogP contribution >= 0.6 is 0 Å². The maximum Gasteiger partial charge on any atom is 0.420 e. The number of nitrogens with zero attached hydrogens (tertiary/aromatic N) is 2. The minimum absolute atomic E-state index is 0.00770. The van der Waals surface area contributed by atoms with Crippen LogP contribution in [0.1, 0.15) is 25.5 Å². The van der Waals surface area contributed by atoms with Crippen molar-refractivity contribution in [1.29, 1.82) is 0 Å². The Morgan fingerprint density at radius 1 is 1.25 bits per heavy atom. The quantitative estimate of drug-likeness (QED) is 0.516. The number of amides is 1. The van der Waals surface area contributed by atoms with Gasteiger partial charge in [-0.05, 0) is 29.7 Å². The number of halogens is 1. The molecule has 0 spiro atoms. The van der Waals surface area contributed by atoms with Crippen LogP contribution in [0, 0.1) is 21.8 Å². The van der Waals surface area contributed by atoms with Crippen molar-refractivity contribution in [3.63, 3.8) is 0 Å². The summed E-state index contributed by atoms with van der Waals surface area (Å²) >= 11 is 0. The molecule has 1 unspecified atom stereocenters. The van der Waals surface area contributed by atoms with Crippen molar-refractivity contribution in [3.8, 4) is 0 Å². The molecule has 1 atom stereocenters.